The predicted octanol–water partition coefficient (Wildman–Crippen LogP) is 3.66. The first-order valence-corrected chi connectivity index (χ1v) is 8.75. The lowest BCUT2D eigenvalue weighted by molar-refractivity contribution is -0.132. The minimum absolute atomic E-state index is 0.0169. The number of alkyl halides is 3. The molecule has 1 saturated heterocycles. The van der Waals surface area contributed by atoms with Crippen molar-refractivity contribution in [1.82, 2.24) is 10.6 Å². The van der Waals surface area contributed by atoms with Gasteiger partial charge in [0, 0.05) is 32.2 Å². The topological polar surface area (TPSA) is 45.7 Å². The summed E-state index contributed by atoms with van der Waals surface area (Å²) in [5, 5.41) is 5.74. The Morgan fingerprint density at radius 3 is 2.68 bits per heavy atom. The van der Waals surface area contributed by atoms with Crippen molar-refractivity contribution >= 4 is 5.96 Å². The average Bonchev–Trinajstić information content (AvgIpc) is 2.59. The molecule has 25 heavy (non-hydrogen) atoms. The molecule has 7 heteroatoms. The van der Waals surface area contributed by atoms with Crippen LogP contribution in [0.15, 0.2) is 35.3 Å². The number of nitrogens with zero attached hydrogens (tertiary/aromatic N) is 1. The Hall–Kier alpha value is -1.76. The average molecular weight is 357 g/mol. The maximum absolute atomic E-state index is 12.3. The fourth-order valence-corrected chi connectivity index (χ4v) is 2.91. The third-order valence-electron chi connectivity index (χ3n) is 4.10. The molecule has 1 fully saturated rings. The monoisotopic (exact) mass is 357 g/mol. The van der Waals surface area contributed by atoms with Crippen LogP contribution in [0.3, 0.4) is 0 Å². The number of ether oxygens (including phenoxy) is 1. The predicted molar refractivity (Wildman–Crippen MR) is 92.5 cm³/mol. The van der Waals surface area contributed by atoms with E-state index >= 15 is 0 Å². The Bertz CT molecular complexity index is 534. The number of halogens is 3. The van der Waals surface area contributed by atoms with E-state index in [2.05, 4.69) is 15.6 Å². The van der Waals surface area contributed by atoms with Crippen LogP contribution in [-0.2, 0) is 4.74 Å². The molecule has 1 aliphatic heterocycles. The van der Waals surface area contributed by atoms with Crippen LogP contribution in [0.2, 0.25) is 0 Å². The molecule has 1 aromatic rings. The summed E-state index contributed by atoms with van der Waals surface area (Å²) in [4.78, 5) is 4.48. The molecule has 0 bridgehead atoms. The maximum Gasteiger partial charge on any atom is 0.390 e. The van der Waals surface area contributed by atoms with Crippen molar-refractivity contribution in [1.29, 1.82) is 0 Å². The van der Waals surface area contributed by atoms with E-state index in [1.807, 2.05) is 37.3 Å². The van der Waals surface area contributed by atoms with Gasteiger partial charge in [-0.3, -0.25) is 4.99 Å². The number of guanidine groups is 1. The van der Waals surface area contributed by atoms with E-state index in [0.29, 0.717) is 19.0 Å². The van der Waals surface area contributed by atoms with Crippen molar-refractivity contribution in [3.8, 4) is 0 Å². The van der Waals surface area contributed by atoms with Gasteiger partial charge in [-0.05, 0) is 25.3 Å². The molecule has 4 nitrogen and oxygen atoms in total. The minimum atomic E-state index is -4.17. The van der Waals surface area contributed by atoms with Crippen molar-refractivity contribution < 1.29 is 17.9 Å². The number of aliphatic imine (C=N–C) groups is 1. The van der Waals surface area contributed by atoms with Gasteiger partial charge < -0.3 is 15.4 Å². The van der Waals surface area contributed by atoms with E-state index in [-0.39, 0.29) is 18.6 Å². The Labute approximate surface area is 146 Å². The van der Waals surface area contributed by atoms with Crippen LogP contribution < -0.4 is 10.6 Å². The van der Waals surface area contributed by atoms with Gasteiger partial charge in [0.1, 0.15) is 0 Å². The maximum atomic E-state index is 12.3. The highest BCUT2D eigenvalue weighted by Crippen LogP contribution is 2.33. The summed E-state index contributed by atoms with van der Waals surface area (Å²) in [6, 6.07) is 10.0. The van der Waals surface area contributed by atoms with Crippen LogP contribution >= 0.6 is 0 Å². The lowest BCUT2D eigenvalue weighted by Gasteiger charge is -2.31. The molecule has 0 radical (unpaired) electrons. The van der Waals surface area contributed by atoms with E-state index < -0.39 is 12.6 Å². The zero-order valence-electron chi connectivity index (χ0n) is 14.5. The smallest absolute Gasteiger partial charge is 0.373 e. The Morgan fingerprint density at radius 2 is 2.00 bits per heavy atom. The lowest BCUT2D eigenvalue weighted by Crippen LogP contribution is -2.39. The van der Waals surface area contributed by atoms with E-state index in [9.17, 15) is 13.2 Å². The second-order valence-electron chi connectivity index (χ2n) is 6.12. The van der Waals surface area contributed by atoms with Crippen molar-refractivity contribution in [2.24, 2.45) is 10.9 Å². The standard InChI is InChI=1S/C18H26F3N3O/c1-2-22-17(23-11-10-18(19,20)21)24-13-15-9-6-12-25-16(15)14-7-4-3-5-8-14/h3-5,7-8,15-16H,2,6,9-13H2,1H3,(H2,22,23,24). The number of hydrogen-bond acceptors (Lipinski definition) is 2. The van der Waals surface area contributed by atoms with Gasteiger partial charge >= 0.3 is 6.18 Å². The molecule has 0 saturated carbocycles. The first kappa shape index (κ1) is 19.6. The molecule has 2 atom stereocenters. The van der Waals surface area contributed by atoms with Crippen LogP contribution in [-0.4, -0.2) is 38.4 Å². The zero-order valence-corrected chi connectivity index (χ0v) is 14.5. The highest BCUT2D eigenvalue weighted by molar-refractivity contribution is 5.79. The van der Waals surface area contributed by atoms with Crippen LogP contribution in [0.1, 0.15) is 37.9 Å². The van der Waals surface area contributed by atoms with Crippen molar-refractivity contribution in [2.45, 2.75) is 38.5 Å². The van der Waals surface area contributed by atoms with Crippen LogP contribution in [0.5, 0.6) is 0 Å². The van der Waals surface area contributed by atoms with Gasteiger partial charge in [-0.2, -0.15) is 13.2 Å². The summed E-state index contributed by atoms with van der Waals surface area (Å²) in [5.41, 5.74) is 1.12. The molecule has 0 aliphatic carbocycles. The van der Waals surface area contributed by atoms with E-state index in [1.165, 1.54) is 0 Å². The number of benzene rings is 1. The summed E-state index contributed by atoms with van der Waals surface area (Å²) < 4.78 is 42.8. The molecule has 2 unspecified atom stereocenters. The second-order valence-corrected chi connectivity index (χ2v) is 6.12. The lowest BCUT2D eigenvalue weighted by atomic mass is 9.89. The van der Waals surface area contributed by atoms with Gasteiger partial charge in [0.25, 0.3) is 0 Å². The van der Waals surface area contributed by atoms with Crippen LogP contribution in [0, 0.1) is 5.92 Å². The minimum Gasteiger partial charge on any atom is -0.373 e. The van der Waals surface area contributed by atoms with E-state index in [1.54, 1.807) is 0 Å². The van der Waals surface area contributed by atoms with Crippen molar-refractivity contribution in [3.05, 3.63) is 35.9 Å². The quantitative estimate of drug-likeness (QED) is 0.603. The molecule has 1 aromatic carbocycles. The van der Waals surface area contributed by atoms with E-state index in [0.717, 1.165) is 25.0 Å². The molecule has 2 N–H and O–H groups in total. The Morgan fingerprint density at radius 1 is 1.24 bits per heavy atom. The SMILES string of the molecule is CCNC(=NCC1CCCOC1c1ccccc1)NCCC(F)(F)F. The zero-order chi connectivity index (χ0) is 18.1. The van der Waals surface area contributed by atoms with Crippen LogP contribution in [0.25, 0.3) is 0 Å². The van der Waals surface area contributed by atoms with Gasteiger partial charge in [-0.1, -0.05) is 30.3 Å². The second kappa shape index (κ2) is 9.65. The highest BCUT2D eigenvalue weighted by atomic mass is 19.4. The molecule has 0 aromatic heterocycles. The molecule has 140 valence electrons. The first-order valence-electron chi connectivity index (χ1n) is 8.75. The van der Waals surface area contributed by atoms with Gasteiger partial charge in [0.2, 0.25) is 0 Å². The normalized spacial score (nSPS) is 21.8. The number of rotatable bonds is 6. The number of hydrogen-bond donors (Lipinski definition) is 2. The highest BCUT2D eigenvalue weighted by Gasteiger charge is 2.28. The molecule has 2 rings (SSSR count). The summed E-state index contributed by atoms with van der Waals surface area (Å²) in [6.45, 7) is 3.54. The molecule has 1 heterocycles. The Balaban J connectivity index is 1.96. The summed E-state index contributed by atoms with van der Waals surface area (Å²) in [5.74, 6) is 0.637. The van der Waals surface area contributed by atoms with Crippen LogP contribution in [0.4, 0.5) is 13.2 Å². The Kier molecular flexibility index (Phi) is 7.55. The van der Waals surface area contributed by atoms with Gasteiger partial charge in [-0.15, -0.1) is 0 Å². The third-order valence-corrected chi connectivity index (χ3v) is 4.10. The molecule has 0 spiro atoms. The van der Waals surface area contributed by atoms with Gasteiger partial charge in [0.15, 0.2) is 5.96 Å². The first-order chi connectivity index (χ1) is 12.0. The summed E-state index contributed by atoms with van der Waals surface area (Å²) in [7, 11) is 0. The van der Waals surface area contributed by atoms with Crippen molar-refractivity contribution in [2.75, 3.05) is 26.2 Å². The van der Waals surface area contributed by atoms with Gasteiger partial charge in [0.05, 0.1) is 12.5 Å². The summed E-state index contributed by atoms with van der Waals surface area (Å²) in [6.07, 6.45) is -3.10. The molecular weight excluding hydrogens is 331 g/mol. The third kappa shape index (κ3) is 6.94. The molecule has 0 amide bonds. The summed E-state index contributed by atoms with van der Waals surface area (Å²) >= 11 is 0. The fourth-order valence-electron chi connectivity index (χ4n) is 2.91. The fraction of sp³-hybridized carbons (Fsp3) is 0.611. The molecular formula is C18H26F3N3O. The van der Waals surface area contributed by atoms with Gasteiger partial charge in [-0.25, -0.2) is 0 Å². The molecule has 1 aliphatic rings. The largest absolute Gasteiger partial charge is 0.390 e. The van der Waals surface area contributed by atoms with Crippen molar-refractivity contribution in [3.63, 3.8) is 0 Å². The van der Waals surface area contributed by atoms with E-state index in [4.69, 9.17) is 4.74 Å². The number of nitrogens with one attached hydrogen (secondary N) is 2.